The molecule has 0 radical (unpaired) electrons. The second-order valence-electron chi connectivity index (χ2n) is 8.36. The summed E-state index contributed by atoms with van der Waals surface area (Å²) in [4.78, 5) is 25.6. The highest BCUT2D eigenvalue weighted by atomic mass is 16.6. The molecule has 1 amide bonds. The van der Waals surface area contributed by atoms with Gasteiger partial charge in [-0.25, -0.2) is 9.59 Å². The van der Waals surface area contributed by atoms with Crippen molar-refractivity contribution in [3.05, 3.63) is 59.7 Å². The molecule has 0 aromatic heterocycles. The van der Waals surface area contributed by atoms with E-state index >= 15 is 0 Å². The Bertz CT molecular complexity index is 892. The van der Waals surface area contributed by atoms with Crippen LogP contribution in [0.2, 0.25) is 0 Å². The molecule has 2 aromatic carbocycles. The van der Waals surface area contributed by atoms with Gasteiger partial charge in [0.1, 0.15) is 6.61 Å². The maximum absolute atomic E-state index is 12.7. The van der Waals surface area contributed by atoms with E-state index in [9.17, 15) is 14.7 Å². The number of hydrogen-bond donors (Lipinski definition) is 1. The van der Waals surface area contributed by atoms with E-state index in [0.717, 1.165) is 52.8 Å². The summed E-state index contributed by atoms with van der Waals surface area (Å²) in [7, 11) is 1.46. The molecule has 2 aliphatic rings. The van der Waals surface area contributed by atoms with E-state index in [4.69, 9.17) is 9.47 Å². The van der Waals surface area contributed by atoms with Crippen molar-refractivity contribution in [2.45, 2.75) is 50.2 Å². The number of carboxylic acids is 1. The van der Waals surface area contributed by atoms with Gasteiger partial charge in [-0.1, -0.05) is 67.8 Å². The van der Waals surface area contributed by atoms with Crippen LogP contribution in [0.4, 0.5) is 4.79 Å². The van der Waals surface area contributed by atoms with E-state index < -0.39 is 18.1 Å². The fourth-order valence-corrected chi connectivity index (χ4v) is 4.63. The van der Waals surface area contributed by atoms with Gasteiger partial charge < -0.3 is 14.6 Å². The number of carbonyl (C=O) groups is 2. The average molecular weight is 424 g/mol. The van der Waals surface area contributed by atoms with Crippen LogP contribution in [0.3, 0.4) is 0 Å². The van der Waals surface area contributed by atoms with Gasteiger partial charge in [0.2, 0.25) is 0 Å². The maximum Gasteiger partial charge on any atom is 0.410 e. The summed E-state index contributed by atoms with van der Waals surface area (Å²) in [6.07, 6.45) is 4.71. The Labute approximate surface area is 182 Å². The highest BCUT2D eigenvalue weighted by Crippen LogP contribution is 2.44. The van der Waals surface area contributed by atoms with Crippen molar-refractivity contribution in [1.82, 2.24) is 4.90 Å². The lowest BCUT2D eigenvalue weighted by Gasteiger charge is -2.28. The Kier molecular flexibility index (Phi) is 6.56. The molecule has 4 rings (SSSR count). The van der Waals surface area contributed by atoms with Crippen molar-refractivity contribution in [3.63, 3.8) is 0 Å². The number of hydrogen-bond acceptors (Lipinski definition) is 4. The minimum atomic E-state index is -1.09. The normalized spacial score (nSPS) is 16.9. The molecule has 0 heterocycles. The molecule has 2 aliphatic carbocycles. The Morgan fingerprint density at radius 2 is 1.58 bits per heavy atom. The van der Waals surface area contributed by atoms with Gasteiger partial charge in [0.05, 0.1) is 12.7 Å². The van der Waals surface area contributed by atoms with Crippen molar-refractivity contribution >= 4 is 12.1 Å². The number of carboxylic acid groups (broad SMARTS) is 1. The van der Waals surface area contributed by atoms with Gasteiger partial charge >= 0.3 is 12.1 Å². The molecule has 0 unspecified atom stereocenters. The molecule has 1 atom stereocenters. The monoisotopic (exact) mass is 423 g/mol. The number of nitrogens with zero attached hydrogens (tertiary/aromatic N) is 1. The smallest absolute Gasteiger partial charge is 0.410 e. The van der Waals surface area contributed by atoms with Crippen LogP contribution in [0.5, 0.6) is 0 Å². The molecule has 6 nitrogen and oxygen atoms in total. The quantitative estimate of drug-likeness (QED) is 0.700. The minimum Gasteiger partial charge on any atom is -0.480 e. The minimum absolute atomic E-state index is 0.0271. The third-order valence-electron chi connectivity index (χ3n) is 6.42. The number of likely N-dealkylation sites (N-methyl/N-ethyl adjacent to an activating group) is 1. The Hall–Kier alpha value is -2.86. The zero-order valence-electron chi connectivity index (χ0n) is 17.8. The van der Waals surface area contributed by atoms with E-state index in [0.29, 0.717) is 0 Å². The number of benzene rings is 2. The summed E-state index contributed by atoms with van der Waals surface area (Å²) >= 11 is 0. The van der Waals surface area contributed by atoms with Crippen LogP contribution >= 0.6 is 0 Å². The van der Waals surface area contributed by atoms with Gasteiger partial charge in [0.25, 0.3) is 0 Å². The first-order chi connectivity index (χ1) is 15.1. The second kappa shape index (κ2) is 9.52. The number of amides is 1. The van der Waals surface area contributed by atoms with Crippen LogP contribution in [0.25, 0.3) is 11.1 Å². The van der Waals surface area contributed by atoms with Gasteiger partial charge in [0.15, 0.2) is 6.04 Å². The summed E-state index contributed by atoms with van der Waals surface area (Å²) in [6.45, 7) is 0.133. The summed E-state index contributed by atoms with van der Waals surface area (Å²) in [5.74, 6) is -1.15. The first kappa shape index (κ1) is 21.4. The van der Waals surface area contributed by atoms with Gasteiger partial charge in [0, 0.05) is 13.0 Å². The van der Waals surface area contributed by atoms with Crippen molar-refractivity contribution in [2.24, 2.45) is 0 Å². The van der Waals surface area contributed by atoms with Crippen LogP contribution in [0.1, 0.15) is 49.1 Å². The molecular formula is C25H29NO5. The highest BCUT2D eigenvalue weighted by Gasteiger charge is 2.32. The fraction of sp³-hybridized carbons (Fsp3) is 0.440. The lowest BCUT2D eigenvalue weighted by molar-refractivity contribution is -0.145. The largest absolute Gasteiger partial charge is 0.480 e. The van der Waals surface area contributed by atoms with Crippen LogP contribution in [-0.2, 0) is 14.3 Å². The molecule has 0 aliphatic heterocycles. The lowest BCUT2D eigenvalue weighted by Crippen LogP contribution is -2.46. The van der Waals surface area contributed by atoms with Crippen molar-refractivity contribution < 1.29 is 24.2 Å². The molecule has 0 bridgehead atoms. The molecule has 1 N–H and O–H groups in total. The Balaban J connectivity index is 1.39. The summed E-state index contributed by atoms with van der Waals surface area (Å²) in [5, 5.41) is 9.63. The van der Waals surface area contributed by atoms with Crippen LogP contribution in [0, 0.1) is 0 Å². The van der Waals surface area contributed by atoms with Crippen molar-refractivity contribution in [1.29, 1.82) is 0 Å². The number of ether oxygens (including phenoxy) is 2. The number of rotatable bonds is 7. The topological polar surface area (TPSA) is 76.1 Å². The summed E-state index contributed by atoms with van der Waals surface area (Å²) in [6, 6.07) is 15.1. The summed E-state index contributed by atoms with van der Waals surface area (Å²) < 4.78 is 11.4. The van der Waals surface area contributed by atoms with Crippen LogP contribution in [-0.4, -0.2) is 54.5 Å². The molecule has 164 valence electrons. The van der Waals surface area contributed by atoms with Gasteiger partial charge in [-0.05, 0) is 35.1 Å². The van der Waals surface area contributed by atoms with Crippen LogP contribution in [0.15, 0.2) is 48.5 Å². The predicted octanol–water partition coefficient (Wildman–Crippen LogP) is 4.67. The van der Waals surface area contributed by atoms with Gasteiger partial charge in [-0.15, -0.1) is 0 Å². The van der Waals surface area contributed by atoms with E-state index in [1.807, 2.05) is 24.3 Å². The van der Waals surface area contributed by atoms with E-state index in [-0.39, 0.29) is 25.2 Å². The molecule has 1 fully saturated rings. The average Bonchev–Trinajstić information content (AvgIpc) is 3.11. The first-order valence-electron chi connectivity index (χ1n) is 11.0. The molecule has 0 saturated heterocycles. The molecule has 0 spiro atoms. The first-order valence-corrected chi connectivity index (χ1v) is 11.0. The lowest BCUT2D eigenvalue weighted by atomic mass is 9.98. The number of fused-ring (bicyclic) bond motifs is 3. The van der Waals surface area contributed by atoms with Crippen molar-refractivity contribution in [3.8, 4) is 11.1 Å². The molecule has 6 heteroatoms. The number of carbonyl (C=O) groups excluding carboxylic acids is 1. The van der Waals surface area contributed by atoms with E-state index in [2.05, 4.69) is 24.3 Å². The molecule has 2 aromatic rings. The molecular weight excluding hydrogens is 394 g/mol. The molecule has 1 saturated carbocycles. The second-order valence-corrected chi connectivity index (χ2v) is 8.36. The summed E-state index contributed by atoms with van der Waals surface area (Å²) in [5.41, 5.74) is 4.54. The van der Waals surface area contributed by atoms with Gasteiger partial charge in [-0.2, -0.15) is 0 Å². The molecule has 31 heavy (non-hydrogen) atoms. The Morgan fingerprint density at radius 1 is 1.00 bits per heavy atom. The third kappa shape index (κ3) is 4.59. The maximum atomic E-state index is 12.7. The van der Waals surface area contributed by atoms with E-state index in [1.54, 1.807) is 0 Å². The van der Waals surface area contributed by atoms with Gasteiger partial charge in [-0.3, -0.25) is 4.90 Å². The number of aliphatic carboxylic acids is 1. The van der Waals surface area contributed by atoms with E-state index in [1.165, 1.54) is 13.5 Å². The van der Waals surface area contributed by atoms with Crippen LogP contribution < -0.4 is 0 Å². The third-order valence-corrected chi connectivity index (χ3v) is 6.42. The predicted molar refractivity (Wildman–Crippen MR) is 117 cm³/mol. The standard InChI is InChI=1S/C25H29NO5/c1-26(23(24(27)28)16-30-17-9-3-2-4-10-17)25(29)31-15-22-20-13-7-5-11-18(20)19-12-6-8-14-21(19)22/h5-8,11-14,17,22-23H,2-4,9-10,15-16H2,1H3,(H,27,28)/t23-/m0/s1. The highest BCUT2D eigenvalue weighted by molar-refractivity contribution is 5.81. The Morgan fingerprint density at radius 3 is 2.16 bits per heavy atom. The fourth-order valence-electron chi connectivity index (χ4n) is 4.63. The zero-order valence-corrected chi connectivity index (χ0v) is 17.8. The zero-order chi connectivity index (χ0) is 21.8. The SMILES string of the molecule is CN(C(=O)OCC1c2ccccc2-c2ccccc21)[C@@H](COC1CCCCC1)C(=O)O. The van der Waals surface area contributed by atoms with Crippen molar-refractivity contribution in [2.75, 3.05) is 20.3 Å².